The van der Waals surface area contributed by atoms with Gasteiger partial charge in [0.1, 0.15) is 5.58 Å². The molecule has 1 N–H and O–H groups in total. The Morgan fingerprint density at radius 2 is 2.06 bits per heavy atom. The van der Waals surface area contributed by atoms with E-state index in [0.717, 1.165) is 6.07 Å². The average Bonchev–Trinajstić information content (AvgIpc) is 2.69. The summed E-state index contributed by atoms with van der Waals surface area (Å²) in [6, 6.07) is 4.80. The summed E-state index contributed by atoms with van der Waals surface area (Å²) in [4.78, 5) is 11.4. The molecule has 0 aliphatic rings. The van der Waals surface area contributed by atoms with Gasteiger partial charge in [-0.2, -0.15) is 13.2 Å². The molecule has 2 aromatic rings. The average molecular weight is 259 g/mol. The number of hydrogen-bond donors (Lipinski definition) is 1. The predicted octanol–water partition coefficient (Wildman–Crippen LogP) is 3.57. The van der Waals surface area contributed by atoms with Gasteiger partial charge in [0.25, 0.3) is 0 Å². The lowest BCUT2D eigenvalue weighted by Gasteiger charge is -2.08. The highest BCUT2D eigenvalue weighted by molar-refractivity contribution is 5.90. The molecule has 0 unspecified atom stereocenters. The number of alkyl halides is 3. The van der Waals surface area contributed by atoms with Gasteiger partial charge in [-0.1, -0.05) is 12.1 Å². The molecule has 96 valence electrons. The number of carboxylic acid groups (broad SMARTS) is 1. The largest absolute Gasteiger partial charge is 0.465 e. The first-order valence-corrected chi connectivity index (χ1v) is 4.87. The molecule has 1 aromatic heterocycles. The predicted molar refractivity (Wildman–Crippen MR) is 57.6 cm³/mol. The van der Waals surface area contributed by atoms with Crippen molar-refractivity contribution in [3.8, 4) is 0 Å². The van der Waals surface area contributed by atoms with E-state index in [1.165, 1.54) is 25.2 Å². The summed E-state index contributed by atoms with van der Waals surface area (Å²) in [7, 11) is 1.19. The van der Waals surface area contributed by atoms with Crippen molar-refractivity contribution in [3.05, 3.63) is 29.8 Å². The van der Waals surface area contributed by atoms with Gasteiger partial charge in [-0.3, -0.25) is 4.90 Å². The zero-order valence-corrected chi connectivity index (χ0v) is 9.15. The van der Waals surface area contributed by atoms with Crippen molar-refractivity contribution in [1.29, 1.82) is 0 Å². The minimum absolute atomic E-state index is 0.158. The smallest absolute Gasteiger partial charge is 0.420 e. The number of rotatable bonds is 1. The number of para-hydroxylation sites is 1. The molecule has 0 fully saturated rings. The molecule has 0 aliphatic carbocycles. The number of halogens is 3. The first kappa shape index (κ1) is 12.3. The van der Waals surface area contributed by atoms with E-state index >= 15 is 0 Å². The van der Waals surface area contributed by atoms with Crippen molar-refractivity contribution in [2.75, 3.05) is 11.9 Å². The van der Waals surface area contributed by atoms with Gasteiger partial charge in [-0.05, 0) is 6.07 Å². The highest BCUT2D eigenvalue weighted by Gasteiger charge is 2.34. The van der Waals surface area contributed by atoms with Gasteiger partial charge in [-0.15, -0.1) is 0 Å². The van der Waals surface area contributed by atoms with Crippen LogP contribution in [0.1, 0.15) is 5.56 Å². The SMILES string of the molecule is CN(C(=O)O)c1cc2cccc(C(F)(F)F)c2o1. The van der Waals surface area contributed by atoms with Crippen LogP contribution in [0.4, 0.5) is 23.8 Å². The van der Waals surface area contributed by atoms with Crippen molar-refractivity contribution in [1.82, 2.24) is 0 Å². The van der Waals surface area contributed by atoms with Crippen LogP contribution in [0.5, 0.6) is 0 Å². The minimum atomic E-state index is -4.55. The molecule has 0 radical (unpaired) electrons. The van der Waals surface area contributed by atoms with Crippen LogP contribution in [-0.4, -0.2) is 18.2 Å². The molecule has 4 nitrogen and oxygen atoms in total. The van der Waals surface area contributed by atoms with Gasteiger partial charge in [0.15, 0.2) is 0 Å². The molecule has 0 aliphatic heterocycles. The second-order valence-corrected chi connectivity index (χ2v) is 3.65. The highest BCUT2D eigenvalue weighted by atomic mass is 19.4. The van der Waals surface area contributed by atoms with Gasteiger partial charge in [0, 0.05) is 18.5 Å². The number of amides is 1. The molecular weight excluding hydrogens is 251 g/mol. The Kier molecular flexibility index (Phi) is 2.68. The van der Waals surface area contributed by atoms with E-state index in [9.17, 15) is 18.0 Å². The number of benzene rings is 1. The molecule has 0 atom stereocenters. The fourth-order valence-electron chi connectivity index (χ4n) is 1.53. The van der Waals surface area contributed by atoms with Crippen molar-refractivity contribution in [2.45, 2.75) is 6.18 Å². The van der Waals surface area contributed by atoms with E-state index in [-0.39, 0.29) is 16.9 Å². The van der Waals surface area contributed by atoms with Crippen molar-refractivity contribution in [3.63, 3.8) is 0 Å². The number of hydrogen-bond acceptors (Lipinski definition) is 2. The molecule has 0 spiro atoms. The standard InChI is InChI=1S/C11H8F3NO3/c1-15(10(16)17)8-5-6-3-2-4-7(9(6)18-8)11(12,13)14/h2-5H,1H3,(H,16,17). The van der Waals surface area contributed by atoms with Crippen molar-refractivity contribution < 1.29 is 27.5 Å². The Bertz CT molecular complexity index is 603. The van der Waals surface area contributed by atoms with Crippen LogP contribution in [0.25, 0.3) is 11.0 Å². The minimum Gasteiger partial charge on any atom is -0.465 e. The second-order valence-electron chi connectivity index (χ2n) is 3.65. The molecule has 0 saturated heterocycles. The van der Waals surface area contributed by atoms with Crippen LogP contribution in [0.3, 0.4) is 0 Å². The topological polar surface area (TPSA) is 53.7 Å². The van der Waals surface area contributed by atoms with Crippen molar-refractivity contribution >= 4 is 22.9 Å². The molecule has 2 rings (SSSR count). The normalized spacial score (nSPS) is 11.8. The maximum absolute atomic E-state index is 12.7. The molecule has 1 heterocycles. The summed E-state index contributed by atoms with van der Waals surface area (Å²) >= 11 is 0. The summed E-state index contributed by atoms with van der Waals surface area (Å²) in [5.74, 6) is -0.158. The van der Waals surface area contributed by atoms with Crippen LogP contribution in [0.15, 0.2) is 28.7 Å². The lowest BCUT2D eigenvalue weighted by molar-refractivity contribution is -0.136. The maximum Gasteiger partial charge on any atom is 0.420 e. The second kappa shape index (κ2) is 3.94. The number of fused-ring (bicyclic) bond motifs is 1. The Morgan fingerprint density at radius 1 is 1.39 bits per heavy atom. The first-order valence-electron chi connectivity index (χ1n) is 4.87. The molecular formula is C11H8F3NO3. The molecule has 18 heavy (non-hydrogen) atoms. The highest BCUT2D eigenvalue weighted by Crippen LogP contribution is 2.37. The molecule has 0 bridgehead atoms. The molecule has 0 saturated carbocycles. The lowest BCUT2D eigenvalue weighted by atomic mass is 10.1. The van der Waals surface area contributed by atoms with Gasteiger partial charge in [0.2, 0.25) is 5.88 Å². The van der Waals surface area contributed by atoms with Crippen molar-refractivity contribution in [2.24, 2.45) is 0 Å². The fraction of sp³-hybridized carbons (Fsp3) is 0.182. The molecule has 7 heteroatoms. The van der Waals surface area contributed by atoms with Crippen LogP contribution in [-0.2, 0) is 6.18 Å². The maximum atomic E-state index is 12.7. The summed E-state index contributed by atoms with van der Waals surface area (Å²) in [6.07, 6.45) is -5.86. The van der Waals surface area contributed by atoms with E-state index in [1.807, 2.05) is 0 Å². The Labute approximate surface area is 99.2 Å². The Balaban J connectivity index is 2.62. The summed E-state index contributed by atoms with van der Waals surface area (Å²) in [6.45, 7) is 0. The fourth-order valence-corrected chi connectivity index (χ4v) is 1.53. The third-order valence-corrected chi connectivity index (χ3v) is 2.45. The van der Waals surface area contributed by atoms with E-state index in [0.29, 0.717) is 4.90 Å². The van der Waals surface area contributed by atoms with E-state index in [1.54, 1.807) is 0 Å². The van der Waals surface area contributed by atoms with Crippen LogP contribution in [0.2, 0.25) is 0 Å². The van der Waals surface area contributed by atoms with Gasteiger partial charge in [0.05, 0.1) is 5.56 Å². The third-order valence-electron chi connectivity index (χ3n) is 2.45. The first-order chi connectivity index (χ1) is 8.30. The zero-order chi connectivity index (χ0) is 13.5. The molecule has 1 aromatic carbocycles. The summed E-state index contributed by atoms with van der Waals surface area (Å²) < 4.78 is 43.1. The van der Waals surface area contributed by atoms with Gasteiger partial charge < -0.3 is 9.52 Å². The van der Waals surface area contributed by atoms with Gasteiger partial charge >= 0.3 is 12.3 Å². The third kappa shape index (κ3) is 1.99. The summed E-state index contributed by atoms with van der Waals surface area (Å²) in [5, 5.41) is 8.94. The summed E-state index contributed by atoms with van der Waals surface area (Å²) in [5.41, 5.74) is -1.29. The zero-order valence-electron chi connectivity index (χ0n) is 9.15. The van der Waals surface area contributed by atoms with Crippen LogP contribution < -0.4 is 4.90 Å². The monoisotopic (exact) mass is 259 g/mol. The number of nitrogens with zero attached hydrogens (tertiary/aromatic N) is 1. The van der Waals surface area contributed by atoms with E-state index < -0.39 is 17.8 Å². The quantitative estimate of drug-likeness (QED) is 0.851. The Morgan fingerprint density at radius 3 is 2.61 bits per heavy atom. The van der Waals surface area contributed by atoms with Crippen LogP contribution in [0, 0.1) is 0 Å². The van der Waals surface area contributed by atoms with E-state index in [2.05, 4.69) is 0 Å². The van der Waals surface area contributed by atoms with E-state index in [4.69, 9.17) is 9.52 Å². The molecule has 1 amide bonds. The van der Waals surface area contributed by atoms with Crippen LogP contribution >= 0.6 is 0 Å². The lowest BCUT2D eigenvalue weighted by Crippen LogP contribution is -2.22. The number of furan rings is 1. The number of anilines is 1. The van der Waals surface area contributed by atoms with Gasteiger partial charge in [-0.25, -0.2) is 4.79 Å². The Hall–Kier alpha value is -2.18. The number of carbonyl (C=O) groups is 1.